The molecule has 0 amide bonds. The molecule has 66 valence electrons. The first kappa shape index (κ1) is 8.30. The van der Waals surface area contributed by atoms with E-state index in [9.17, 15) is 0 Å². The van der Waals surface area contributed by atoms with Crippen molar-refractivity contribution in [2.24, 2.45) is 0 Å². The lowest BCUT2D eigenvalue weighted by molar-refractivity contribution is 0.509. The Kier molecular flexibility index (Phi) is 1.99. The molecule has 3 heteroatoms. The van der Waals surface area contributed by atoms with Gasteiger partial charge in [0.2, 0.25) is 0 Å². The normalized spacial score (nSPS) is 17.3. The maximum atomic E-state index is 4.35. The summed E-state index contributed by atoms with van der Waals surface area (Å²) in [5.74, 6) is 0.768. The van der Waals surface area contributed by atoms with Gasteiger partial charge >= 0.3 is 0 Å². The van der Waals surface area contributed by atoms with Crippen LogP contribution >= 0.6 is 15.9 Å². The van der Waals surface area contributed by atoms with Gasteiger partial charge in [-0.3, -0.25) is 4.68 Å². The first-order chi connectivity index (χ1) is 5.70. The summed E-state index contributed by atoms with van der Waals surface area (Å²) in [4.78, 5) is 0. The summed E-state index contributed by atoms with van der Waals surface area (Å²) in [6.07, 6.45) is 4.57. The van der Waals surface area contributed by atoms with Crippen molar-refractivity contribution in [1.29, 1.82) is 0 Å². The van der Waals surface area contributed by atoms with Gasteiger partial charge in [0.1, 0.15) is 0 Å². The van der Waals surface area contributed by atoms with E-state index in [4.69, 9.17) is 0 Å². The Morgan fingerprint density at radius 3 is 2.75 bits per heavy atom. The van der Waals surface area contributed by atoms with Crippen LogP contribution in [0, 0.1) is 0 Å². The molecule has 1 heterocycles. The maximum Gasteiger partial charge on any atom is 0.0635 e. The monoisotopic (exact) mass is 228 g/mol. The molecule has 0 spiro atoms. The molecule has 1 aromatic heterocycles. The summed E-state index contributed by atoms with van der Waals surface area (Å²) in [6, 6.07) is 0.479. The number of halogens is 1. The van der Waals surface area contributed by atoms with E-state index in [-0.39, 0.29) is 0 Å². The predicted molar refractivity (Wildman–Crippen MR) is 52.3 cm³/mol. The van der Waals surface area contributed by atoms with Crippen molar-refractivity contribution in [3.8, 4) is 0 Å². The van der Waals surface area contributed by atoms with Gasteiger partial charge in [-0.25, -0.2) is 0 Å². The Labute approximate surface area is 81.1 Å². The van der Waals surface area contributed by atoms with Crippen molar-refractivity contribution in [2.75, 3.05) is 0 Å². The van der Waals surface area contributed by atoms with E-state index in [2.05, 4.69) is 39.6 Å². The molecule has 0 bridgehead atoms. The van der Waals surface area contributed by atoms with Crippen LogP contribution in [0.15, 0.2) is 10.7 Å². The molecule has 12 heavy (non-hydrogen) atoms. The van der Waals surface area contributed by atoms with Gasteiger partial charge in [-0.1, -0.05) is 0 Å². The van der Waals surface area contributed by atoms with Crippen LogP contribution in [0.1, 0.15) is 44.3 Å². The highest BCUT2D eigenvalue weighted by Gasteiger charge is 2.30. The Hall–Kier alpha value is -0.310. The summed E-state index contributed by atoms with van der Waals surface area (Å²) >= 11 is 3.54. The van der Waals surface area contributed by atoms with E-state index < -0.39 is 0 Å². The van der Waals surface area contributed by atoms with Crippen molar-refractivity contribution >= 4 is 15.9 Å². The van der Waals surface area contributed by atoms with Gasteiger partial charge in [-0.2, -0.15) is 5.10 Å². The highest BCUT2D eigenvalue weighted by molar-refractivity contribution is 9.10. The van der Waals surface area contributed by atoms with Gasteiger partial charge in [0, 0.05) is 12.0 Å². The van der Waals surface area contributed by atoms with Crippen LogP contribution < -0.4 is 0 Å². The molecule has 0 radical (unpaired) electrons. The minimum atomic E-state index is 0.479. The zero-order valence-electron chi connectivity index (χ0n) is 7.42. The molecule has 0 aromatic carbocycles. The molecule has 1 fully saturated rings. The molecule has 0 atom stereocenters. The van der Waals surface area contributed by atoms with Gasteiger partial charge in [0.15, 0.2) is 0 Å². The molecule has 0 unspecified atom stereocenters. The fraction of sp³-hybridized carbons (Fsp3) is 0.667. The Bertz CT molecular complexity index is 287. The van der Waals surface area contributed by atoms with E-state index in [1.54, 1.807) is 0 Å². The molecule has 1 aromatic rings. The molecular weight excluding hydrogens is 216 g/mol. The first-order valence-electron chi connectivity index (χ1n) is 4.43. The van der Waals surface area contributed by atoms with Crippen LogP contribution in [0.5, 0.6) is 0 Å². The van der Waals surface area contributed by atoms with E-state index in [1.807, 2.05) is 6.20 Å². The maximum absolute atomic E-state index is 4.35. The molecule has 0 N–H and O–H groups in total. The first-order valence-corrected chi connectivity index (χ1v) is 5.22. The van der Waals surface area contributed by atoms with Gasteiger partial charge in [0.25, 0.3) is 0 Å². The minimum absolute atomic E-state index is 0.479. The van der Waals surface area contributed by atoms with Crippen molar-refractivity contribution in [1.82, 2.24) is 9.78 Å². The zero-order chi connectivity index (χ0) is 8.72. The second-order valence-corrected chi connectivity index (χ2v) is 4.54. The van der Waals surface area contributed by atoms with Crippen LogP contribution in [0.4, 0.5) is 0 Å². The smallest absolute Gasteiger partial charge is 0.0635 e. The third-order valence-electron chi connectivity index (χ3n) is 2.24. The number of hydrogen-bond donors (Lipinski definition) is 0. The SMILES string of the molecule is CC(C)n1ncc(Br)c1C1CC1. The highest BCUT2D eigenvalue weighted by atomic mass is 79.9. The molecular formula is C9H13BrN2. The lowest BCUT2D eigenvalue weighted by atomic mass is 10.3. The summed E-state index contributed by atoms with van der Waals surface area (Å²) in [5, 5.41) is 4.35. The average molecular weight is 229 g/mol. The van der Waals surface area contributed by atoms with Crippen molar-refractivity contribution in [2.45, 2.75) is 38.6 Å². The number of hydrogen-bond acceptors (Lipinski definition) is 1. The largest absolute Gasteiger partial charge is 0.266 e. The van der Waals surface area contributed by atoms with E-state index in [0.29, 0.717) is 6.04 Å². The predicted octanol–water partition coefficient (Wildman–Crippen LogP) is 3.10. The molecule has 0 saturated heterocycles. The zero-order valence-corrected chi connectivity index (χ0v) is 9.00. The van der Waals surface area contributed by atoms with Gasteiger partial charge < -0.3 is 0 Å². The molecule has 0 aliphatic heterocycles. The summed E-state index contributed by atoms with van der Waals surface area (Å²) in [7, 11) is 0. The lowest BCUT2D eigenvalue weighted by Crippen LogP contribution is -2.06. The molecule has 1 saturated carbocycles. The second kappa shape index (κ2) is 2.87. The fourth-order valence-electron chi connectivity index (χ4n) is 1.50. The molecule has 2 nitrogen and oxygen atoms in total. The second-order valence-electron chi connectivity index (χ2n) is 3.69. The van der Waals surface area contributed by atoms with E-state index in [1.165, 1.54) is 23.0 Å². The third kappa shape index (κ3) is 1.30. The van der Waals surface area contributed by atoms with Crippen LogP contribution in [0.3, 0.4) is 0 Å². The van der Waals surface area contributed by atoms with Crippen molar-refractivity contribution in [3.63, 3.8) is 0 Å². The topological polar surface area (TPSA) is 17.8 Å². The average Bonchev–Trinajstić information content (AvgIpc) is 2.75. The van der Waals surface area contributed by atoms with Crippen molar-refractivity contribution < 1.29 is 0 Å². The Balaban J connectivity index is 2.39. The van der Waals surface area contributed by atoms with Crippen LogP contribution in [-0.2, 0) is 0 Å². The quantitative estimate of drug-likeness (QED) is 0.761. The van der Waals surface area contributed by atoms with Crippen LogP contribution in [0.2, 0.25) is 0 Å². The van der Waals surface area contributed by atoms with Crippen LogP contribution in [-0.4, -0.2) is 9.78 Å². The number of rotatable bonds is 2. The fourth-order valence-corrected chi connectivity index (χ4v) is 2.10. The van der Waals surface area contributed by atoms with E-state index >= 15 is 0 Å². The Morgan fingerprint density at radius 2 is 2.25 bits per heavy atom. The third-order valence-corrected chi connectivity index (χ3v) is 2.85. The number of nitrogens with zero attached hydrogens (tertiary/aromatic N) is 2. The summed E-state index contributed by atoms with van der Waals surface area (Å²) in [6.45, 7) is 4.34. The van der Waals surface area contributed by atoms with E-state index in [0.717, 1.165) is 5.92 Å². The summed E-state index contributed by atoms with van der Waals surface area (Å²) in [5.41, 5.74) is 1.39. The summed E-state index contributed by atoms with van der Waals surface area (Å²) < 4.78 is 3.31. The standard InChI is InChI=1S/C9H13BrN2/c1-6(2)12-9(7-3-4-7)8(10)5-11-12/h5-7H,3-4H2,1-2H3. The molecule has 1 aliphatic rings. The molecule has 1 aliphatic carbocycles. The lowest BCUT2D eigenvalue weighted by Gasteiger charge is -2.10. The van der Waals surface area contributed by atoms with Gasteiger partial charge in [-0.05, 0) is 42.6 Å². The molecule has 2 rings (SSSR count). The van der Waals surface area contributed by atoms with Gasteiger partial charge in [0.05, 0.1) is 16.4 Å². The van der Waals surface area contributed by atoms with Crippen LogP contribution in [0.25, 0.3) is 0 Å². The van der Waals surface area contributed by atoms with Gasteiger partial charge in [-0.15, -0.1) is 0 Å². The highest BCUT2D eigenvalue weighted by Crippen LogP contribution is 2.43. The minimum Gasteiger partial charge on any atom is -0.266 e. The number of aromatic nitrogens is 2. The Morgan fingerprint density at radius 1 is 1.58 bits per heavy atom. The van der Waals surface area contributed by atoms with Crippen molar-refractivity contribution in [3.05, 3.63) is 16.4 Å².